The van der Waals surface area contributed by atoms with Gasteiger partial charge in [-0.2, -0.15) is 0 Å². The van der Waals surface area contributed by atoms with Crippen molar-refractivity contribution in [1.82, 2.24) is 9.97 Å². The van der Waals surface area contributed by atoms with Crippen LogP contribution in [0.4, 0.5) is 15.8 Å². The number of hydrogen-bond acceptors (Lipinski definition) is 4. The maximum atomic E-state index is 13.0. The molecule has 7 heteroatoms. The molecule has 0 radical (unpaired) electrons. The Morgan fingerprint density at radius 2 is 1.41 bits per heavy atom. The summed E-state index contributed by atoms with van der Waals surface area (Å²) in [5, 5.41) is 6.30. The number of nitrogens with zero attached hydrogens (tertiary/aromatic N) is 2. The van der Waals surface area contributed by atoms with Gasteiger partial charge in [0.1, 0.15) is 17.2 Å². The van der Waals surface area contributed by atoms with Gasteiger partial charge in [-0.3, -0.25) is 14.6 Å². The Morgan fingerprint density at radius 3 is 2.17 bits per heavy atom. The van der Waals surface area contributed by atoms with Crippen LogP contribution in [-0.4, -0.2) is 21.8 Å². The number of anilines is 2. The highest BCUT2D eigenvalue weighted by atomic mass is 19.1. The van der Waals surface area contributed by atoms with Crippen LogP contribution in [-0.2, 0) is 0 Å². The first-order valence-electron chi connectivity index (χ1n) is 8.79. The summed E-state index contributed by atoms with van der Waals surface area (Å²) in [4.78, 5) is 33.5. The second-order valence-corrected chi connectivity index (χ2v) is 6.20. The smallest absolute Gasteiger partial charge is 0.274 e. The Labute approximate surface area is 165 Å². The molecule has 4 rings (SSSR count). The normalized spacial score (nSPS) is 10.5. The average Bonchev–Trinajstić information content (AvgIpc) is 2.75. The van der Waals surface area contributed by atoms with Gasteiger partial charge in [0.25, 0.3) is 11.8 Å². The van der Waals surface area contributed by atoms with E-state index < -0.39 is 17.6 Å². The lowest BCUT2D eigenvalue weighted by Crippen LogP contribution is -2.18. The van der Waals surface area contributed by atoms with E-state index >= 15 is 0 Å². The quantitative estimate of drug-likeness (QED) is 0.549. The van der Waals surface area contributed by atoms with Crippen molar-refractivity contribution in [3.63, 3.8) is 0 Å². The molecule has 2 heterocycles. The van der Waals surface area contributed by atoms with Crippen molar-refractivity contribution in [1.29, 1.82) is 0 Å². The summed E-state index contributed by atoms with van der Waals surface area (Å²) in [5.41, 5.74) is 1.79. The number of nitrogens with one attached hydrogen (secondary N) is 2. The minimum Gasteiger partial charge on any atom is -0.321 e. The van der Waals surface area contributed by atoms with Gasteiger partial charge in [0.05, 0.1) is 11.2 Å². The van der Waals surface area contributed by atoms with Gasteiger partial charge < -0.3 is 10.6 Å². The lowest BCUT2D eigenvalue weighted by atomic mass is 10.2. The fourth-order valence-corrected chi connectivity index (χ4v) is 2.81. The van der Waals surface area contributed by atoms with Crippen molar-refractivity contribution in [3.05, 3.63) is 96.2 Å². The molecule has 0 fully saturated rings. The van der Waals surface area contributed by atoms with Crippen LogP contribution in [0.2, 0.25) is 0 Å². The van der Waals surface area contributed by atoms with Crippen LogP contribution in [0.1, 0.15) is 21.0 Å². The summed E-state index contributed by atoms with van der Waals surface area (Å²) in [6.07, 6.45) is 1.65. The molecule has 0 atom stereocenters. The summed E-state index contributed by atoms with van der Waals surface area (Å²) in [6, 6.07) is 19.1. The average molecular weight is 386 g/mol. The molecule has 2 aromatic carbocycles. The summed E-state index contributed by atoms with van der Waals surface area (Å²) in [5.74, 6) is -1.36. The number of pyridine rings is 2. The lowest BCUT2D eigenvalue weighted by Gasteiger charge is -2.09. The third-order valence-electron chi connectivity index (χ3n) is 4.20. The van der Waals surface area contributed by atoms with Gasteiger partial charge in [0, 0.05) is 17.3 Å². The van der Waals surface area contributed by atoms with E-state index in [1.54, 1.807) is 18.3 Å². The maximum Gasteiger partial charge on any atom is 0.274 e. The number of para-hydroxylation sites is 1. The topological polar surface area (TPSA) is 84.0 Å². The molecular weight excluding hydrogens is 371 g/mol. The van der Waals surface area contributed by atoms with E-state index in [4.69, 9.17) is 0 Å². The fourth-order valence-electron chi connectivity index (χ4n) is 2.81. The van der Waals surface area contributed by atoms with Crippen LogP contribution in [0.5, 0.6) is 0 Å². The van der Waals surface area contributed by atoms with Gasteiger partial charge in [-0.1, -0.05) is 24.3 Å². The highest BCUT2D eigenvalue weighted by molar-refractivity contribution is 6.08. The Balaban J connectivity index is 1.54. The lowest BCUT2D eigenvalue weighted by molar-refractivity contribution is 0.101. The summed E-state index contributed by atoms with van der Waals surface area (Å²) >= 11 is 0. The molecular formula is C22H15FN4O2. The number of benzene rings is 2. The molecule has 6 nitrogen and oxygen atoms in total. The highest BCUT2D eigenvalue weighted by Gasteiger charge is 2.14. The molecule has 2 amide bonds. The molecule has 2 aromatic heterocycles. The van der Waals surface area contributed by atoms with Crippen LogP contribution in [0.15, 0.2) is 79.0 Å². The molecule has 0 aliphatic rings. The van der Waals surface area contributed by atoms with Crippen LogP contribution in [0.3, 0.4) is 0 Å². The standard InChI is InChI=1S/C22H15FN4O2/c23-15-9-11-16(12-10-15)25-21(28)18-7-2-8-19(26-18)22(29)27-17-6-1-4-14-5-3-13-24-20(14)17/h1-13H,(H,25,28)(H,27,29). The van der Waals surface area contributed by atoms with E-state index in [1.165, 1.54) is 36.4 Å². The second-order valence-electron chi connectivity index (χ2n) is 6.20. The minimum absolute atomic E-state index is 0.0676. The molecule has 0 spiro atoms. The molecule has 142 valence electrons. The van der Waals surface area contributed by atoms with Crippen molar-refractivity contribution in [2.45, 2.75) is 0 Å². The van der Waals surface area contributed by atoms with Crippen LogP contribution < -0.4 is 10.6 Å². The molecule has 4 aromatic rings. The number of hydrogen-bond donors (Lipinski definition) is 2. The van der Waals surface area contributed by atoms with Crippen LogP contribution in [0.25, 0.3) is 10.9 Å². The fraction of sp³-hybridized carbons (Fsp3) is 0. The summed E-state index contributed by atoms with van der Waals surface area (Å²) in [6.45, 7) is 0. The monoisotopic (exact) mass is 386 g/mol. The first-order valence-corrected chi connectivity index (χ1v) is 8.79. The molecule has 0 saturated heterocycles. The molecule has 0 unspecified atom stereocenters. The predicted molar refractivity (Wildman–Crippen MR) is 108 cm³/mol. The van der Waals surface area contributed by atoms with Gasteiger partial charge in [-0.15, -0.1) is 0 Å². The number of carbonyl (C=O) groups is 2. The number of rotatable bonds is 4. The zero-order chi connectivity index (χ0) is 20.2. The Morgan fingerprint density at radius 1 is 0.759 bits per heavy atom. The first kappa shape index (κ1) is 18.2. The maximum absolute atomic E-state index is 13.0. The van der Waals surface area contributed by atoms with E-state index in [0.29, 0.717) is 16.9 Å². The predicted octanol–water partition coefficient (Wildman–Crippen LogP) is 4.27. The minimum atomic E-state index is -0.502. The third-order valence-corrected chi connectivity index (χ3v) is 4.20. The Bertz CT molecular complexity index is 1200. The zero-order valence-electron chi connectivity index (χ0n) is 15.1. The number of halogens is 1. The van der Waals surface area contributed by atoms with Gasteiger partial charge in [-0.05, 0) is 48.5 Å². The van der Waals surface area contributed by atoms with Gasteiger partial charge in [0.2, 0.25) is 0 Å². The summed E-state index contributed by atoms with van der Waals surface area (Å²) < 4.78 is 13.0. The zero-order valence-corrected chi connectivity index (χ0v) is 15.1. The second kappa shape index (κ2) is 7.85. The molecule has 29 heavy (non-hydrogen) atoms. The van der Waals surface area contributed by atoms with Crippen molar-refractivity contribution < 1.29 is 14.0 Å². The molecule has 0 aliphatic carbocycles. The van der Waals surface area contributed by atoms with Crippen LogP contribution in [0, 0.1) is 5.82 Å². The van der Waals surface area contributed by atoms with Gasteiger partial charge in [0.15, 0.2) is 0 Å². The van der Waals surface area contributed by atoms with Crippen molar-refractivity contribution >= 4 is 34.1 Å². The van der Waals surface area contributed by atoms with Crippen molar-refractivity contribution in [3.8, 4) is 0 Å². The van der Waals surface area contributed by atoms with E-state index in [9.17, 15) is 14.0 Å². The summed E-state index contributed by atoms with van der Waals surface area (Å²) in [7, 11) is 0. The van der Waals surface area contributed by atoms with Crippen LogP contribution >= 0.6 is 0 Å². The first-order chi connectivity index (χ1) is 14.1. The largest absolute Gasteiger partial charge is 0.321 e. The Hall–Kier alpha value is -4.13. The highest BCUT2D eigenvalue weighted by Crippen LogP contribution is 2.21. The third kappa shape index (κ3) is 4.08. The van der Waals surface area contributed by atoms with Gasteiger partial charge in [-0.25, -0.2) is 9.37 Å². The van der Waals surface area contributed by atoms with Crippen molar-refractivity contribution in [2.75, 3.05) is 10.6 Å². The number of aromatic nitrogens is 2. The van der Waals surface area contributed by atoms with E-state index in [-0.39, 0.29) is 11.4 Å². The molecule has 2 N–H and O–H groups in total. The SMILES string of the molecule is O=C(Nc1ccc(F)cc1)c1cccc(C(=O)Nc2cccc3cccnc23)n1. The van der Waals surface area contributed by atoms with E-state index in [1.807, 2.05) is 24.3 Å². The molecule has 0 bridgehead atoms. The molecule has 0 saturated carbocycles. The number of fused-ring (bicyclic) bond motifs is 1. The number of amides is 2. The van der Waals surface area contributed by atoms with E-state index in [0.717, 1.165) is 5.39 Å². The Kier molecular flexibility index (Phi) is 4.94. The van der Waals surface area contributed by atoms with E-state index in [2.05, 4.69) is 20.6 Å². The van der Waals surface area contributed by atoms with Gasteiger partial charge >= 0.3 is 0 Å². The number of carbonyl (C=O) groups excluding carboxylic acids is 2. The molecule has 0 aliphatic heterocycles. The van der Waals surface area contributed by atoms with Crippen molar-refractivity contribution in [2.24, 2.45) is 0 Å².